The molecule has 0 unspecified atom stereocenters. The van der Waals surface area contributed by atoms with Gasteiger partial charge < -0.3 is 4.74 Å². The predicted molar refractivity (Wildman–Crippen MR) is 121 cm³/mol. The van der Waals surface area contributed by atoms with Crippen LogP contribution >= 0.6 is 15.9 Å². The van der Waals surface area contributed by atoms with Crippen molar-refractivity contribution in [3.05, 3.63) is 106 Å². The number of halogens is 1. The molecule has 0 heterocycles. The molecule has 0 N–H and O–H groups in total. The molecule has 0 amide bonds. The van der Waals surface area contributed by atoms with Gasteiger partial charge >= 0.3 is 0 Å². The van der Waals surface area contributed by atoms with E-state index in [-0.39, 0.29) is 0 Å². The number of rotatable bonds is 5. The van der Waals surface area contributed by atoms with Crippen LogP contribution in [-0.2, 0) is 6.61 Å². The van der Waals surface area contributed by atoms with E-state index in [1.807, 2.05) is 36.5 Å². The first-order valence-electron chi connectivity index (χ1n) is 9.19. The number of nitrogens with zero attached hydrogens (tertiary/aromatic N) is 1. The number of aliphatic imine (C=N–C) groups is 1. The topological polar surface area (TPSA) is 21.6 Å². The molecule has 0 bridgehead atoms. The fourth-order valence-corrected chi connectivity index (χ4v) is 3.58. The molecule has 0 saturated carbocycles. The summed E-state index contributed by atoms with van der Waals surface area (Å²) in [6.45, 7) is 2.60. The molecule has 0 aliphatic heterocycles. The van der Waals surface area contributed by atoms with Crippen molar-refractivity contribution >= 4 is 38.6 Å². The highest BCUT2D eigenvalue weighted by atomic mass is 79.9. The lowest BCUT2D eigenvalue weighted by Gasteiger charge is -2.11. The van der Waals surface area contributed by atoms with Gasteiger partial charge in [-0.05, 0) is 75.1 Å². The van der Waals surface area contributed by atoms with Crippen LogP contribution in [-0.4, -0.2) is 6.21 Å². The third-order valence-corrected chi connectivity index (χ3v) is 5.24. The fraction of sp³-hybridized carbons (Fsp3) is 0.0800. The lowest BCUT2D eigenvalue weighted by atomic mass is 10.1. The molecule has 0 radical (unpaired) electrons. The molecule has 0 saturated heterocycles. The highest BCUT2D eigenvalue weighted by Gasteiger charge is 2.05. The van der Waals surface area contributed by atoms with Crippen LogP contribution in [0.4, 0.5) is 5.69 Å². The van der Waals surface area contributed by atoms with Gasteiger partial charge in [-0.1, -0.05) is 60.2 Å². The monoisotopic (exact) mass is 429 g/mol. The average molecular weight is 430 g/mol. The second-order valence-electron chi connectivity index (χ2n) is 6.71. The molecule has 4 aromatic rings. The first-order chi connectivity index (χ1) is 13.7. The van der Waals surface area contributed by atoms with E-state index in [4.69, 9.17) is 4.74 Å². The number of hydrogen-bond donors (Lipinski definition) is 0. The average Bonchev–Trinajstić information content (AvgIpc) is 2.73. The van der Waals surface area contributed by atoms with Gasteiger partial charge in [0, 0.05) is 6.21 Å². The van der Waals surface area contributed by atoms with Gasteiger partial charge in [-0.15, -0.1) is 0 Å². The Morgan fingerprint density at radius 2 is 1.68 bits per heavy atom. The van der Waals surface area contributed by atoms with E-state index in [1.165, 1.54) is 21.9 Å². The van der Waals surface area contributed by atoms with Crippen LogP contribution in [0.1, 0.15) is 16.7 Å². The summed E-state index contributed by atoms with van der Waals surface area (Å²) in [6, 6.07) is 28.8. The second kappa shape index (κ2) is 8.41. The highest BCUT2D eigenvalue weighted by Crippen LogP contribution is 2.28. The predicted octanol–water partition coefficient (Wildman–Crippen LogP) is 7.24. The molecular formula is C25H20BrNO. The summed E-state index contributed by atoms with van der Waals surface area (Å²) in [4.78, 5) is 4.53. The minimum atomic E-state index is 0.525. The van der Waals surface area contributed by atoms with Crippen molar-refractivity contribution in [2.45, 2.75) is 13.5 Å². The SMILES string of the molecule is Cc1ccc(N=Cc2ccc(OCc3cccc4ccccc34)c(Br)c2)cc1. The number of hydrogen-bond acceptors (Lipinski definition) is 2. The van der Waals surface area contributed by atoms with Crippen LogP contribution in [0.3, 0.4) is 0 Å². The first kappa shape index (κ1) is 18.5. The zero-order valence-corrected chi connectivity index (χ0v) is 17.2. The molecule has 28 heavy (non-hydrogen) atoms. The van der Waals surface area contributed by atoms with Crippen LogP contribution in [0.25, 0.3) is 10.8 Å². The zero-order chi connectivity index (χ0) is 19.3. The molecule has 0 aromatic heterocycles. The third-order valence-electron chi connectivity index (χ3n) is 4.62. The summed E-state index contributed by atoms with van der Waals surface area (Å²) in [7, 11) is 0. The zero-order valence-electron chi connectivity index (χ0n) is 15.6. The molecule has 4 aromatic carbocycles. The molecule has 0 aliphatic rings. The van der Waals surface area contributed by atoms with Gasteiger partial charge in [0.25, 0.3) is 0 Å². The van der Waals surface area contributed by atoms with Crippen molar-refractivity contribution in [2.24, 2.45) is 4.99 Å². The fourth-order valence-electron chi connectivity index (χ4n) is 3.07. The smallest absolute Gasteiger partial charge is 0.134 e. The molecule has 3 heteroatoms. The quantitative estimate of drug-likeness (QED) is 0.306. The van der Waals surface area contributed by atoms with E-state index in [0.717, 1.165) is 21.5 Å². The van der Waals surface area contributed by atoms with Gasteiger partial charge in [0.2, 0.25) is 0 Å². The van der Waals surface area contributed by atoms with Crippen LogP contribution in [0.15, 0.2) is 94.4 Å². The van der Waals surface area contributed by atoms with E-state index in [2.05, 4.69) is 82.4 Å². The molecule has 0 aliphatic carbocycles. The Morgan fingerprint density at radius 3 is 2.50 bits per heavy atom. The van der Waals surface area contributed by atoms with E-state index in [0.29, 0.717) is 6.61 Å². The Morgan fingerprint density at radius 1 is 0.893 bits per heavy atom. The molecular weight excluding hydrogens is 410 g/mol. The van der Waals surface area contributed by atoms with Crippen molar-refractivity contribution in [3.63, 3.8) is 0 Å². The Hall–Kier alpha value is -2.91. The van der Waals surface area contributed by atoms with Crippen molar-refractivity contribution in [2.75, 3.05) is 0 Å². The van der Waals surface area contributed by atoms with Crippen LogP contribution in [0.2, 0.25) is 0 Å². The van der Waals surface area contributed by atoms with Crippen molar-refractivity contribution in [1.82, 2.24) is 0 Å². The molecule has 0 spiro atoms. The summed E-state index contributed by atoms with van der Waals surface area (Å²) in [6.07, 6.45) is 1.86. The van der Waals surface area contributed by atoms with Gasteiger partial charge in [-0.2, -0.15) is 0 Å². The Balaban J connectivity index is 1.48. The summed E-state index contributed by atoms with van der Waals surface area (Å²) < 4.78 is 6.99. The molecule has 138 valence electrons. The Kier molecular flexibility index (Phi) is 5.54. The van der Waals surface area contributed by atoms with Crippen molar-refractivity contribution < 1.29 is 4.74 Å². The number of aryl methyl sites for hydroxylation is 1. The maximum Gasteiger partial charge on any atom is 0.134 e. The third kappa shape index (κ3) is 4.32. The van der Waals surface area contributed by atoms with E-state index >= 15 is 0 Å². The lowest BCUT2D eigenvalue weighted by Crippen LogP contribution is -1.97. The van der Waals surface area contributed by atoms with Gasteiger partial charge in [0.1, 0.15) is 12.4 Å². The summed E-state index contributed by atoms with van der Waals surface area (Å²) in [5.74, 6) is 0.820. The summed E-state index contributed by atoms with van der Waals surface area (Å²) >= 11 is 3.62. The highest BCUT2D eigenvalue weighted by molar-refractivity contribution is 9.10. The second-order valence-corrected chi connectivity index (χ2v) is 7.56. The number of ether oxygens (including phenoxy) is 1. The van der Waals surface area contributed by atoms with Gasteiger partial charge in [0.15, 0.2) is 0 Å². The first-order valence-corrected chi connectivity index (χ1v) is 9.98. The van der Waals surface area contributed by atoms with E-state index in [9.17, 15) is 0 Å². The Bertz CT molecular complexity index is 1130. The molecule has 0 fully saturated rings. The standard InChI is InChI=1S/C25H20BrNO/c1-18-9-12-22(13-10-18)27-16-19-11-14-25(24(26)15-19)28-17-21-7-4-6-20-5-2-3-8-23(20)21/h2-16H,17H2,1H3. The van der Waals surface area contributed by atoms with Crippen LogP contribution < -0.4 is 4.74 Å². The van der Waals surface area contributed by atoms with Crippen molar-refractivity contribution in [3.8, 4) is 5.75 Å². The molecule has 2 nitrogen and oxygen atoms in total. The van der Waals surface area contributed by atoms with Gasteiger partial charge in [0.05, 0.1) is 10.2 Å². The summed E-state index contributed by atoms with van der Waals surface area (Å²) in [5, 5.41) is 2.45. The van der Waals surface area contributed by atoms with Gasteiger partial charge in [-0.3, -0.25) is 4.99 Å². The summed E-state index contributed by atoms with van der Waals surface area (Å²) in [5.41, 5.74) is 4.37. The lowest BCUT2D eigenvalue weighted by molar-refractivity contribution is 0.305. The Labute approximate surface area is 173 Å². The minimum Gasteiger partial charge on any atom is -0.488 e. The largest absolute Gasteiger partial charge is 0.488 e. The van der Waals surface area contributed by atoms with Gasteiger partial charge in [-0.25, -0.2) is 0 Å². The van der Waals surface area contributed by atoms with Crippen LogP contribution in [0.5, 0.6) is 5.75 Å². The van der Waals surface area contributed by atoms with Crippen LogP contribution in [0, 0.1) is 6.92 Å². The normalized spacial score (nSPS) is 11.2. The number of benzene rings is 4. The molecule has 0 atom stereocenters. The number of fused-ring (bicyclic) bond motifs is 1. The molecule has 4 rings (SSSR count). The van der Waals surface area contributed by atoms with E-state index < -0.39 is 0 Å². The maximum absolute atomic E-state index is 6.07. The van der Waals surface area contributed by atoms with E-state index in [1.54, 1.807) is 0 Å². The maximum atomic E-state index is 6.07. The van der Waals surface area contributed by atoms with Crippen molar-refractivity contribution in [1.29, 1.82) is 0 Å². The minimum absolute atomic E-state index is 0.525.